The summed E-state index contributed by atoms with van der Waals surface area (Å²) >= 11 is 1.55. The van der Waals surface area contributed by atoms with E-state index in [0.29, 0.717) is 23.2 Å². The van der Waals surface area contributed by atoms with Gasteiger partial charge in [0.05, 0.1) is 10.2 Å². The van der Waals surface area contributed by atoms with Gasteiger partial charge in [-0.1, -0.05) is 23.5 Å². The van der Waals surface area contributed by atoms with E-state index in [-0.39, 0.29) is 12.5 Å². The second kappa shape index (κ2) is 8.62. The molecule has 158 valence electrons. The van der Waals surface area contributed by atoms with Crippen molar-refractivity contribution >= 4 is 32.6 Å². The lowest BCUT2D eigenvalue weighted by molar-refractivity contribution is -0.127. The van der Waals surface area contributed by atoms with E-state index in [2.05, 4.69) is 30.9 Å². The highest BCUT2D eigenvalue weighted by molar-refractivity contribution is 7.22. The summed E-state index contributed by atoms with van der Waals surface area (Å²) in [4.78, 5) is 22.1. The quantitative estimate of drug-likeness (QED) is 0.597. The average molecular weight is 426 g/mol. The first-order valence-corrected chi connectivity index (χ1v) is 11.0. The van der Waals surface area contributed by atoms with Crippen molar-refractivity contribution in [3.8, 4) is 11.5 Å². The number of carbonyl (C=O) groups is 1. The fourth-order valence-corrected chi connectivity index (χ4v) is 4.52. The highest BCUT2D eigenvalue weighted by Crippen LogP contribution is 2.34. The third-order valence-electron chi connectivity index (χ3n) is 5.26. The van der Waals surface area contributed by atoms with Gasteiger partial charge in [0.2, 0.25) is 6.10 Å². The summed E-state index contributed by atoms with van der Waals surface area (Å²) in [6.07, 6.45) is 0.159. The van der Waals surface area contributed by atoms with Gasteiger partial charge in [-0.25, -0.2) is 4.98 Å². The van der Waals surface area contributed by atoms with Crippen molar-refractivity contribution < 1.29 is 14.3 Å². The maximum atomic E-state index is 13.5. The molecule has 0 fully saturated rings. The number of benzene rings is 2. The van der Waals surface area contributed by atoms with Gasteiger partial charge in [0.1, 0.15) is 6.61 Å². The molecule has 7 heteroatoms. The van der Waals surface area contributed by atoms with Crippen LogP contribution in [0.3, 0.4) is 0 Å². The summed E-state index contributed by atoms with van der Waals surface area (Å²) in [5, 5.41) is 0.709. The Kier molecular flexibility index (Phi) is 5.92. The highest BCUT2D eigenvalue weighted by atomic mass is 32.1. The lowest BCUT2D eigenvalue weighted by atomic mass is 10.1. The molecule has 0 saturated heterocycles. The number of para-hydroxylation sites is 2. The van der Waals surface area contributed by atoms with E-state index in [0.717, 1.165) is 23.2 Å². The fraction of sp³-hybridized carbons (Fsp3) is 0.391. The molecule has 1 aromatic heterocycles. The van der Waals surface area contributed by atoms with E-state index < -0.39 is 6.10 Å². The first-order chi connectivity index (χ1) is 14.4. The normalized spacial score (nSPS) is 15.6. The molecule has 0 spiro atoms. The smallest absolute Gasteiger partial charge is 0.273 e. The zero-order chi connectivity index (χ0) is 21.3. The molecule has 2 heterocycles. The van der Waals surface area contributed by atoms with Crippen LogP contribution in [-0.4, -0.2) is 55.7 Å². The Morgan fingerprint density at radius 3 is 2.63 bits per heavy atom. The van der Waals surface area contributed by atoms with E-state index in [1.165, 1.54) is 11.1 Å². The molecule has 6 nitrogen and oxygen atoms in total. The molecule has 4 rings (SSSR count). The molecule has 1 aliphatic heterocycles. The zero-order valence-electron chi connectivity index (χ0n) is 17.8. The Balaban J connectivity index is 1.62. The SMILES string of the molecule is Cc1cc2nc(N(CCCN(C)C)C(=O)[C@H]3COc4ccccc4O3)sc2cc1C. The number of rotatable bonds is 6. The highest BCUT2D eigenvalue weighted by Gasteiger charge is 2.33. The monoisotopic (exact) mass is 425 g/mol. The summed E-state index contributed by atoms with van der Waals surface area (Å²) in [7, 11) is 4.06. The fourth-order valence-electron chi connectivity index (χ4n) is 3.44. The number of amides is 1. The molecule has 1 amide bonds. The maximum absolute atomic E-state index is 13.5. The number of nitrogens with zero attached hydrogens (tertiary/aromatic N) is 3. The van der Waals surface area contributed by atoms with Crippen molar-refractivity contribution in [2.24, 2.45) is 0 Å². The summed E-state index contributed by atoms with van der Waals surface area (Å²) < 4.78 is 12.9. The lowest BCUT2D eigenvalue weighted by Crippen LogP contribution is -2.47. The summed E-state index contributed by atoms with van der Waals surface area (Å²) in [5.74, 6) is 1.16. The average Bonchev–Trinajstić information content (AvgIpc) is 3.12. The predicted octanol–water partition coefficient (Wildman–Crippen LogP) is 4.04. The number of fused-ring (bicyclic) bond motifs is 2. The number of ether oxygens (including phenoxy) is 2. The summed E-state index contributed by atoms with van der Waals surface area (Å²) in [5.41, 5.74) is 3.35. The van der Waals surface area contributed by atoms with Crippen LogP contribution in [0, 0.1) is 13.8 Å². The van der Waals surface area contributed by atoms with Gasteiger partial charge >= 0.3 is 0 Å². The van der Waals surface area contributed by atoms with Crippen LogP contribution in [0.5, 0.6) is 11.5 Å². The first-order valence-electron chi connectivity index (χ1n) is 10.1. The Labute approximate surface area is 181 Å². The van der Waals surface area contributed by atoms with E-state index in [4.69, 9.17) is 14.5 Å². The second-order valence-electron chi connectivity index (χ2n) is 7.91. The number of hydrogen-bond donors (Lipinski definition) is 0. The molecule has 2 aromatic carbocycles. The Morgan fingerprint density at radius 2 is 1.87 bits per heavy atom. The number of aryl methyl sites for hydroxylation is 2. The van der Waals surface area contributed by atoms with Crippen LogP contribution in [-0.2, 0) is 4.79 Å². The minimum atomic E-state index is -0.685. The van der Waals surface area contributed by atoms with Crippen molar-refractivity contribution in [3.05, 3.63) is 47.5 Å². The molecule has 0 N–H and O–H groups in total. The minimum Gasteiger partial charge on any atom is -0.485 e. The molecule has 1 aliphatic rings. The number of thiazole rings is 1. The van der Waals surface area contributed by atoms with Crippen molar-refractivity contribution in [2.45, 2.75) is 26.4 Å². The summed E-state index contributed by atoms with van der Waals surface area (Å²) in [6, 6.07) is 11.7. The second-order valence-corrected chi connectivity index (χ2v) is 8.92. The number of aromatic nitrogens is 1. The number of carbonyl (C=O) groups excluding carboxylic acids is 1. The van der Waals surface area contributed by atoms with Gasteiger partial charge < -0.3 is 14.4 Å². The topological polar surface area (TPSA) is 54.9 Å². The van der Waals surface area contributed by atoms with E-state index in [1.807, 2.05) is 38.4 Å². The van der Waals surface area contributed by atoms with Crippen molar-refractivity contribution in [1.82, 2.24) is 9.88 Å². The van der Waals surface area contributed by atoms with Gasteiger partial charge in [0.25, 0.3) is 5.91 Å². The van der Waals surface area contributed by atoms with Crippen LogP contribution in [0.1, 0.15) is 17.5 Å². The van der Waals surface area contributed by atoms with Gasteiger partial charge in [-0.15, -0.1) is 0 Å². The molecule has 0 unspecified atom stereocenters. The van der Waals surface area contributed by atoms with Gasteiger partial charge in [-0.3, -0.25) is 9.69 Å². The van der Waals surface area contributed by atoms with Crippen LogP contribution >= 0.6 is 11.3 Å². The van der Waals surface area contributed by atoms with Gasteiger partial charge in [0, 0.05) is 6.54 Å². The third kappa shape index (κ3) is 4.27. The first kappa shape index (κ1) is 20.6. The van der Waals surface area contributed by atoms with E-state index >= 15 is 0 Å². The Morgan fingerprint density at radius 1 is 1.13 bits per heavy atom. The van der Waals surface area contributed by atoms with Gasteiger partial charge in [-0.2, -0.15) is 0 Å². The molecule has 1 atom stereocenters. The molecular weight excluding hydrogens is 398 g/mol. The molecule has 0 radical (unpaired) electrons. The summed E-state index contributed by atoms with van der Waals surface area (Å²) in [6.45, 7) is 5.84. The molecular formula is C23H27N3O3S. The Bertz CT molecular complexity index is 1020. The van der Waals surface area contributed by atoms with Gasteiger partial charge in [0.15, 0.2) is 16.6 Å². The van der Waals surface area contributed by atoms with Crippen molar-refractivity contribution in [3.63, 3.8) is 0 Å². The van der Waals surface area contributed by atoms with Crippen LogP contribution in [0.25, 0.3) is 10.2 Å². The standard InChI is InChI=1S/C23H27N3O3S/c1-15-12-17-21(13-16(15)2)30-23(24-17)26(11-7-10-25(3)4)22(27)20-14-28-18-8-5-6-9-19(18)29-20/h5-6,8-9,12-13,20H,7,10-11,14H2,1-4H3/t20-/m1/s1. The molecule has 30 heavy (non-hydrogen) atoms. The van der Waals surface area contributed by atoms with Crippen LogP contribution < -0.4 is 14.4 Å². The van der Waals surface area contributed by atoms with Crippen LogP contribution in [0.2, 0.25) is 0 Å². The number of hydrogen-bond acceptors (Lipinski definition) is 6. The van der Waals surface area contributed by atoms with E-state index in [9.17, 15) is 4.79 Å². The van der Waals surface area contributed by atoms with Crippen molar-refractivity contribution in [1.29, 1.82) is 0 Å². The Hall–Kier alpha value is -2.64. The lowest BCUT2D eigenvalue weighted by Gasteiger charge is -2.29. The minimum absolute atomic E-state index is 0.115. The maximum Gasteiger partial charge on any atom is 0.273 e. The zero-order valence-corrected chi connectivity index (χ0v) is 18.7. The number of anilines is 1. The van der Waals surface area contributed by atoms with E-state index in [1.54, 1.807) is 16.2 Å². The molecule has 0 bridgehead atoms. The largest absolute Gasteiger partial charge is 0.485 e. The third-order valence-corrected chi connectivity index (χ3v) is 6.30. The molecule has 0 saturated carbocycles. The van der Waals surface area contributed by atoms with Crippen molar-refractivity contribution in [2.75, 3.05) is 38.7 Å². The molecule has 0 aliphatic carbocycles. The molecule has 3 aromatic rings. The van der Waals surface area contributed by atoms with Crippen LogP contribution in [0.4, 0.5) is 5.13 Å². The predicted molar refractivity (Wildman–Crippen MR) is 121 cm³/mol. The van der Waals surface area contributed by atoms with Gasteiger partial charge in [-0.05, 0) is 76.3 Å². The van der Waals surface area contributed by atoms with Crippen LogP contribution in [0.15, 0.2) is 36.4 Å².